The summed E-state index contributed by atoms with van der Waals surface area (Å²) in [5, 5.41) is 34.5. The molecular weight excluding hydrogens is 448 g/mol. The number of aromatic nitrogens is 5. The van der Waals surface area contributed by atoms with E-state index in [-0.39, 0.29) is 36.4 Å². The highest BCUT2D eigenvalue weighted by Gasteiger charge is 2.32. The minimum absolute atomic E-state index is 0.0956. The summed E-state index contributed by atoms with van der Waals surface area (Å²) in [6.07, 6.45) is 4.71. The van der Waals surface area contributed by atoms with Crippen LogP contribution in [-0.2, 0) is 0 Å². The number of aliphatic hydroxyl groups is 1. The zero-order valence-electron chi connectivity index (χ0n) is 19.3. The number of amides is 1. The lowest BCUT2D eigenvalue weighted by Gasteiger charge is -2.20. The van der Waals surface area contributed by atoms with Crippen LogP contribution in [0.5, 0.6) is 0 Å². The predicted octanol–water partition coefficient (Wildman–Crippen LogP) is 2.74. The molecule has 178 valence electrons. The summed E-state index contributed by atoms with van der Waals surface area (Å²) in [6, 6.07) is 9.36. The molecule has 2 N–H and O–H groups in total. The molecule has 4 aromatic heterocycles. The number of anilines is 1. The van der Waals surface area contributed by atoms with Crippen LogP contribution in [0.1, 0.15) is 42.9 Å². The first-order chi connectivity index (χ1) is 17.0. The molecule has 11 nitrogen and oxygen atoms in total. The molecule has 4 aromatic rings. The number of fused-ring (bicyclic) bond motifs is 1. The van der Waals surface area contributed by atoms with Gasteiger partial charge in [0.15, 0.2) is 0 Å². The van der Waals surface area contributed by atoms with Crippen molar-refractivity contribution in [3.05, 3.63) is 48.1 Å². The maximum atomic E-state index is 12.9. The van der Waals surface area contributed by atoms with Gasteiger partial charge in [-0.05, 0) is 51.0 Å². The first-order valence-electron chi connectivity index (χ1n) is 11.4. The molecule has 1 aliphatic heterocycles. The van der Waals surface area contributed by atoms with Crippen LogP contribution in [0, 0.1) is 11.3 Å². The van der Waals surface area contributed by atoms with Gasteiger partial charge >= 0.3 is 11.8 Å². The molecule has 1 aliphatic rings. The molecule has 0 spiro atoms. The van der Waals surface area contributed by atoms with Crippen molar-refractivity contribution in [2.45, 2.75) is 38.8 Å². The summed E-state index contributed by atoms with van der Waals surface area (Å²) in [7, 11) is 0. The Kier molecular flexibility index (Phi) is 5.88. The summed E-state index contributed by atoms with van der Waals surface area (Å²) in [6.45, 7) is 4.47. The van der Waals surface area contributed by atoms with E-state index in [4.69, 9.17) is 9.68 Å². The number of nitrogens with zero attached hydrogens (tertiary/aromatic N) is 7. The maximum Gasteiger partial charge on any atom is 0.311 e. The second-order valence-corrected chi connectivity index (χ2v) is 8.72. The van der Waals surface area contributed by atoms with Gasteiger partial charge in [-0.25, -0.2) is 4.52 Å². The van der Waals surface area contributed by atoms with Gasteiger partial charge in [-0.15, -0.1) is 10.2 Å². The van der Waals surface area contributed by atoms with Crippen molar-refractivity contribution in [3.8, 4) is 28.9 Å². The van der Waals surface area contributed by atoms with Crippen LogP contribution < -0.4 is 5.32 Å². The lowest BCUT2D eigenvalue weighted by Crippen LogP contribution is -2.37. The van der Waals surface area contributed by atoms with E-state index >= 15 is 0 Å². The minimum Gasteiger partial charge on any atom is -0.412 e. The maximum absolute atomic E-state index is 12.9. The molecule has 1 fully saturated rings. The predicted molar refractivity (Wildman–Crippen MR) is 126 cm³/mol. The van der Waals surface area contributed by atoms with Crippen molar-refractivity contribution in [2.24, 2.45) is 0 Å². The first-order valence-corrected chi connectivity index (χ1v) is 11.4. The van der Waals surface area contributed by atoms with E-state index in [0.29, 0.717) is 29.1 Å². The zero-order valence-corrected chi connectivity index (χ0v) is 19.3. The molecule has 0 radical (unpaired) electrons. The van der Waals surface area contributed by atoms with Crippen molar-refractivity contribution in [3.63, 3.8) is 0 Å². The van der Waals surface area contributed by atoms with Crippen molar-refractivity contribution >= 4 is 17.1 Å². The summed E-state index contributed by atoms with van der Waals surface area (Å²) in [4.78, 5) is 19.0. The van der Waals surface area contributed by atoms with E-state index in [9.17, 15) is 9.90 Å². The zero-order chi connectivity index (χ0) is 24.5. The van der Waals surface area contributed by atoms with Crippen LogP contribution in [0.25, 0.3) is 28.4 Å². The summed E-state index contributed by atoms with van der Waals surface area (Å²) in [5.74, 6) is -0.326. The second-order valence-electron chi connectivity index (χ2n) is 8.72. The molecule has 35 heavy (non-hydrogen) atoms. The van der Waals surface area contributed by atoms with Gasteiger partial charge in [0.1, 0.15) is 6.07 Å². The second kappa shape index (κ2) is 9.15. The van der Waals surface area contributed by atoms with E-state index in [1.165, 1.54) is 6.20 Å². The van der Waals surface area contributed by atoms with Crippen molar-refractivity contribution < 1.29 is 14.3 Å². The Labute approximate surface area is 201 Å². The Morgan fingerprint density at radius 2 is 2.17 bits per heavy atom. The lowest BCUT2D eigenvalue weighted by molar-refractivity contribution is 0.0638. The summed E-state index contributed by atoms with van der Waals surface area (Å²) < 4.78 is 7.48. The number of likely N-dealkylation sites (tertiary alicyclic amines) is 1. The minimum atomic E-state index is -0.384. The van der Waals surface area contributed by atoms with Gasteiger partial charge in [0.2, 0.25) is 0 Å². The molecule has 11 heteroatoms. The quantitative estimate of drug-likeness (QED) is 0.432. The van der Waals surface area contributed by atoms with Crippen LogP contribution in [0.4, 0.5) is 5.69 Å². The van der Waals surface area contributed by atoms with Crippen LogP contribution in [0.2, 0.25) is 0 Å². The van der Waals surface area contributed by atoms with E-state index in [0.717, 1.165) is 24.1 Å². The number of aliphatic hydroxyl groups excluding tert-OH is 1. The summed E-state index contributed by atoms with van der Waals surface area (Å²) in [5.41, 5.74) is 3.96. The molecule has 5 heterocycles. The van der Waals surface area contributed by atoms with Gasteiger partial charge in [-0.2, -0.15) is 10.4 Å². The largest absolute Gasteiger partial charge is 0.412 e. The number of rotatable bonds is 6. The number of carbonyl (C=O) groups excluding carboxylic acids is 1. The monoisotopic (exact) mass is 472 g/mol. The SMILES string of the molecule is CC(C)Nc1cc(-c2ccc3cc(C#N)cnn23)ncc1-c1nnc(C(=O)N2CCC[C@H]2CO)o1. The standard InChI is InChI=1S/C24H24N8O3/c1-14(2)28-19-9-20(21-6-5-16-8-15(10-25)11-27-32(16)21)26-12-18(19)22-29-30-23(35-22)24(34)31-7-3-4-17(31)13-33/h5-6,8-9,11-12,14,17,33H,3-4,7,13H2,1-2H3,(H,26,28)/t17-/m0/s1. The van der Waals surface area contributed by atoms with Crippen molar-refractivity contribution in [1.29, 1.82) is 5.26 Å². The Hall–Kier alpha value is -4.30. The number of hydrogen-bond donors (Lipinski definition) is 2. The third-order valence-electron chi connectivity index (χ3n) is 5.93. The van der Waals surface area contributed by atoms with Gasteiger partial charge in [0, 0.05) is 18.8 Å². The Morgan fingerprint density at radius 1 is 1.31 bits per heavy atom. The van der Waals surface area contributed by atoms with Crippen molar-refractivity contribution in [2.75, 3.05) is 18.5 Å². The van der Waals surface area contributed by atoms with Crippen molar-refractivity contribution in [1.82, 2.24) is 29.7 Å². The number of nitriles is 1. The van der Waals surface area contributed by atoms with Gasteiger partial charge in [-0.3, -0.25) is 9.78 Å². The fourth-order valence-corrected chi connectivity index (χ4v) is 4.28. The Morgan fingerprint density at radius 3 is 2.94 bits per heavy atom. The van der Waals surface area contributed by atoms with Gasteiger partial charge in [0.25, 0.3) is 5.89 Å². The third kappa shape index (κ3) is 4.20. The average molecular weight is 473 g/mol. The highest BCUT2D eigenvalue weighted by atomic mass is 16.4. The molecule has 5 rings (SSSR count). The molecule has 0 unspecified atom stereocenters. The molecule has 0 saturated carbocycles. The van der Waals surface area contributed by atoms with E-state index in [2.05, 4.69) is 31.7 Å². The Balaban J connectivity index is 1.50. The van der Waals surface area contributed by atoms with Crippen LogP contribution >= 0.6 is 0 Å². The fourth-order valence-electron chi connectivity index (χ4n) is 4.28. The summed E-state index contributed by atoms with van der Waals surface area (Å²) >= 11 is 0. The topological polar surface area (TPSA) is 145 Å². The normalized spacial score (nSPS) is 15.6. The number of hydrogen-bond acceptors (Lipinski definition) is 9. The molecule has 1 atom stereocenters. The number of pyridine rings is 1. The molecule has 0 aromatic carbocycles. The average Bonchev–Trinajstić information content (AvgIpc) is 3.62. The van der Waals surface area contributed by atoms with E-state index in [1.54, 1.807) is 21.7 Å². The van der Waals surface area contributed by atoms with Gasteiger partial charge < -0.3 is 19.7 Å². The first kappa shape index (κ1) is 22.5. The Bertz CT molecular complexity index is 1430. The number of nitrogens with one attached hydrogen (secondary N) is 1. The molecule has 0 aliphatic carbocycles. The molecular formula is C24H24N8O3. The lowest BCUT2D eigenvalue weighted by atomic mass is 10.1. The van der Waals surface area contributed by atoms with Crippen LogP contribution in [-0.4, -0.2) is 65.9 Å². The smallest absolute Gasteiger partial charge is 0.311 e. The molecule has 1 amide bonds. The van der Waals surface area contributed by atoms with Crippen LogP contribution in [0.15, 0.2) is 41.1 Å². The van der Waals surface area contributed by atoms with E-state index in [1.807, 2.05) is 32.0 Å². The van der Waals surface area contributed by atoms with Gasteiger partial charge in [-0.1, -0.05) is 0 Å². The van der Waals surface area contributed by atoms with E-state index < -0.39 is 0 Å². The highest BCUT2D eigenvalue weighted by Crippen LogP contribution is 2.32. The fraction of sp³-hybridized carbons (Fsp3) is 0.333. The molecule has 1 saturated heterocycles. The highest BCUT2D eigenvalue weighted by molar-refractivity contribution is 5.90. The van der Waals surface area contributed by atoms with Gasteiger partial charge in [0.05, 0.1) is 52.6 Å². The third-order valence-corrected chi connectivity index (χ3v) is 5.93. The molecule has 0 bridgehead atoms. The number of carbonyl (C=O) groups is 1. The van der Waals surface area contributed by atoms with Crippen LogP contribution in [0.3, 0.4) is 0 Å².